The van der Waals surface area contributed by atoms with Crippen LogP contribution in [0.25, 0.3) is 0 Å². The van der Waals surface area contributed by atoms with E-state index in [4.69, 9.17) is 0 Å². The second-order valence-electron chi connectivity index (χ2n) is 9.55. The molecule has 2 fully saturated rings. The number of carbonyl (C=O) groups excluding carboxylic acids is 2. The highest BCUT2D eigenvalue weighted by Gasteiger charge is 2.47. The third-order valence-corrected chi connectivity index (χ3v) is 7.68. The highest BCUT2D eigenvalue weighted by molar-refractivity contribution is 6.01. The minimum atomic E-state index is -0.441. The van der Waals surface area contributed by atoms with Crippen molar-refractivity contribution in [3.05, 3.63) is 40.7 Å². The summed E-state index contributed by atoms with van der Waals surface area (Å²) in [5, 5.41) is 35.3. The highest BCUT2D eigenvalue weighted by Crippen LogP contribution is 2.49. The summed E-state index contributed by atoms with van der Waals surface area (Å²) < 4.78 is 0. The lowest BCUT2D eigenvalue weighted by Crippen LogP contribution is -2.40. The van der Waals surface area contributed by atoms with Crippen molar-refractivity contribution < 1.29 is 19.8 Å². The number of fused-ring (bicyclic) bond motifs is 3. The van der Waals surface area contributed by atoms with E-state index in [0.717, 1.165) is 24.8 Å². The SMILES string of the molecule is N#Cc1cnc(NC(=O)N2CCCc3cc(CO)c(C=O)nc32)cc1NC1C2CCC(C2)C1CO. The van der Waals surface area contributed by atoms with Crippen molar-refractivity contribution >= 4 is 29.6 Å². The number of rotatable bonds is 6. The lowest BCUT2D eigenvalue weighted by molar-refractivity contribution is 0.111. The molecule has 2 amide bonds. The Balaban J connectivity index is 1.37. The normalized spacial score (nSPS) is 24.5. The first-order valence-electron chi connectivity index (χ1n) is 12.0. The van der Waals surface area contributed by atoms with E-state index < -0.39 is 6.03 Å². The van der Waals surface area contributed by atoms with Crippen LogP contribution in [0.4, 0.5) is 22.1 Å². The molecule has 2 aromatic heterocycles. The van der Waals surface area contributed by atoms with E-state index in [1.807, 2.05) is 0 Å². The molecule has 0 spiro atoms. The number of aromatic nitrogens is 2. The summed E-state index contributed by atoms with van der Waals surface area (Å²) in [5.74, 6) is 1.80. The van der Waals surface area contributed by atoms with E-state index in [9.17, 15) is 25.1 Å². The first-order valence-corrected chi connectivity index (χ1v) is 12.0. The molecule has 5 rings (SSSR count). The van der Waals surface area contributed by atoms with Crippen LogP contribution in [-0.2, 0) is 13.0 Å². The van der Waals surface area contributed by atoms with Crippen molar-refractivity contribution in [3.8, 4) is 6.07 Å². The molecule has 2 aromatic rings. The summed E-state index contributed by atoms with van der Waals surface area (Å²) in [4.78, 5) is 34.6. The molecular formula is C25H28N6O4. The zero-order valence-electron chi connectivity index (χ0n) is 19.3. The highest BCUT2D eigenvalue weighted by atomic mass is 16.3. The standard InChI is InChI=1S/C25H28N6O4/c26-9-18-10-27-22(8-20(18)28-23-15-4-3-14(6-15)19(23)12-33)30-25(35)31-5-1-2-16-7-17(11-32)21(13-34)29-24(16)31/h7-8,10,13-15,19,23,32-33H,1-6,11-12H2,(H2,27,28,30,35). The summed E-state index contributed by atoms with van der Waals surface area (Å²) >= 11 is 0. The number of nitrogens with zero attached hydrogens (tertiary/aromatic N) is 4. The number of aldehydes is 1. The molecule has 4 N–H and O–H groups in total. The second-order valence-corrected chi connectivity index (χ2v) is 9.55. The smallest absolute Gasteiger partial charge is 0.328 e. The van der Waals surface area contributed by atoms with E-state index >= 15 is 0 Å². The predicted molar refractivity (Wildman–Crippen MR) is 128 cm³/mol. The van der Waals surface area contributed by atoms with Crippen LogP contribution in [0.5, 0.6) is 0 Å². The number of anilines is 3. The summed E-state index contributed by atoms with van der Waals surface area (Å²) in [5.41, 5.74) is 2.30. The van der Waals surface area contributed by atoms with E-state index in [0.29, 0.717) is 60.1 Å². The molecule has 0 aromatic carbocycles. The number of hydrogen-bond acceptors (Lipinski definition) is 8. The van der Waals surface area contributed by atoms with Gasteiger partial charge in [-0.2, -0.15) is 5.26 Å². The van der Waals surface area contributed by atoms with Crippen molar-refractivity contribution in [2.75, 3.05) is 28.7 Å². The number of pyridine rings is 2. The number of hydrogen-bond donors (Lipinski definition) is 4. The number of urea groups is 1. The molecule has 3 aliphatic rings. The first kappa shape index (κ1) is 23.2. The average molecular weight is 477 g/mol. The number of amides is 2. The molecule has 1 aliphatic heterocycles. The van der Waals surface area contributed by atoms with Gasteiger partial charge in [0.15, 0.2) is 6.29 Å². The molecule has 35 heavy (non-hydrogen) atoms. The Kier molecular flexibility index (Phi) is 6.36. The minimum Gasteiger partial charge on any atom is -0.396 e. The van der Waals surface area contributed by atoms with Gasteiger partial charge < -0.3 is 15.5 Å². The fourth-order valence-corrected chi connectivity index (χ4v) is 5.97. The Morgan fingerprint density at radius 1 is 1.29 bits per heavy atom. The largest absolute Gasteiger partial charge is 0.396 e. The van der Waals surface area contributed by atoms with Gasteiger partial charge in [-0.3, -0.25) is 15.0 Å². The average Bonchev–Trinajstić information content (AvgIpc) is 3.49. The third kappa shape index (κ3) is 4.22. The molecule has 2 aliphatic carbocycles. The van der Waals surface area contributed by atoms with Gasteiger partial charge in [0, 0.05) is 42.9 Å². The fraction of sp³-hybridized carbons (Fsp3) is 0.480. The molecule has 182 valence electrons. The Hall–Kier alpha value is -3.55. The van der Waals surface area contributed by atoms with E-state index in [1.165, 1.54) is 11.1 Å². The number of aliphatic hydroxyl groups excluding tert-OH is 2. The molecule has 3 heterocycles. The van der Waals surface area contributed by atoms with Gasteiger partial charge in [0.05, 0.1) is 17.9 Å². The van der Waals surface area contributed by atoms with Crippen molar-refractivity contribution in [1.82, 2.24) is 9.97 Å². The molecule has 10 heteroatoms. The predicted octanol–water partition coefficient (Wildman–Crippen LogP) is 2.46. The van der Waals surface area contributed by atoms with Crippen LogP contribution in [0.1, 0.15) is 52.9 Å². The quantitative estimate of drug-likeness (QED) is 0.464. The molecule has 2 saturated carbocycles. The van der Waals surface area contributed by atoms with Crippen LogP contribution < -0.4 is 15.5 Å². The van der Waals surface area contributed by atoms with Crippen molar-refractivity contribution in [1.29, 1.82) is 5.26 Å². The maximum Gasteiger partial charge on any atom is 0.328 e. The fourth-order valence-electron chi connectivity index (χ4n) is 5.97. The number of aryl methyl sites for hydroxylation is 1. The van der Waals surface area contributed by atoms with Crippen molar-refractivity contribution in [2.45, 2.75) is 44.8 Å². The Labute approximate surface area is 203 Å². The summed E-state index contributed by atoms with van der Waals surface area (Å²) in [6, 6.07) is 5.17. The van der Waals surface area contributed by atoms with Crippen molar-refractivity contribution in [3.63, 3.8) is 0 Å². The number of carbonyl (C=O) groups is 2. The van der Waals surface area contributed by atoms with Gasteiger partial charge in [0.2, 0.25) is 0 Å². The van der Waals surface area contributed by atoms with E-state index in [-0.39, 0.29) is 36.7 Å². The van der Waals surface area contributed by atoms with Gasteiger partial charge in [-0.05, 0) is 55.6 Å². The Bertz CT molecular complexity index is 1200. The van der Waals surface area contributed by atoms with Gasteiger partial charge >= 0.3 is 6.03 Å². The second kappa shape index (κ2) is 9.60. The number of nitriles is 1. The van der Waals surface area contributed by atoms with Crippen LogP contribution in [0.2, 0.25) is 0 Å². The topological polar surface area (TPSA) is 151 Å². The molecular weight excluding hydrogens is 448 g/mol. The number of nitrogens with one attached hydrogen (secondary N) is 2. The summed E-state index contributed by atoms with van der Waals surface area (Å²) in [6.07, 6.45) is 6.74. The first-order chi connectivity index (χ1) is 17.1. The molecule has 2 bridgehead atoms. The molecule has 4 atom stereocenters. The Morgan fingerprint density at radius 3 is 2.86 bits per heavy atom. The summed E-state index contributed by atoms with van der Waals surface area (Å²) in [6.45, 7) is 0.232. The van der Waals surface area contributed by atoms with Gasteiger partial charge in [-0.15, -0.1) is 0 Å². The van der Waals surface area contributed by atoms with Crippen LogP contribution >= 0.6 is 0 Å². The van der Waals surface area contributed by atoms with Gasteiger partial charge in [-0.1, -0.05) is 0 Å². The monoisotopic (exact) mass is 476 g/mol. The zero-order chi connectivity index (χ0) is 24.5. The van der Waals surface area contributed by atoms with Crippen LogP contribution in [0, 0.1) is 29.1 Å². The van der Waals surface area contributed by atoms with Crippen LogP contribution in [0.3, 0.4) is 0 Å². The van der Waals surface area contributed by atoms with Gasteiger partial charge in [0.25, 0.3) is 0 Å². The summed E-state index contributed by atoms with van der Waals surface area (Å²) in [7, 11) is 0. The maximum atomic E-state index is 13.2. The molecule has 0 radical (unpaired) electrons. The third-order valence-electron chi connectivity index (χ3n) is 7.68. The molecule has 0 saturated heterocycles. The number of aliphatic hydroxyl groups is 2. The lowest BCUT2D eigenvalue weighted by Gasteiger charge is -2.31. The van der Waals surface area contributed by atoms with Crippen molar-refractivity contribution in [2.24, 2.45) is 17.8 Å². The van der Waals surface area contributed by atoms with E-state index in [1.54, 1.807) is 12.1 Å². The minimum absolute atomic E-state index is 0.0810. The molecule has 10 nitrogen and oxygen atoms in total. The van der Waals surface area contributed by atoms with Gasteiger partial charge in [0.1, 0.15) is 23.4 Å². The van der Waals surface area contributed by atoms with E-state index in [2.05, 4.69) is 26.7 Å². The molecule has 4 unspecified atom stereocenters. The maximum absolute atomic E-state index is 13.2. The van der Waals surface area contributed by atoms with Crippen LogP contribution in [0.15, 0.2) is 18.3 Å². The lowest BCUT2D eigenvalue weighted by atomic mass is 9.85. The van der Waals surface area contributed by atoms with Crippen LogP contribution in [-0.4, -0.2) is 51.7 Å². The van der Waals surface area contributed by atoms with Gasteiger partial charge in [-0.25, -0.2) is 14.8 Å². The Morgan fingerprint density at radius 2 is 2.11 bits per heavy atom. The zero-order valence-corrected chi connectivity index (χ0v) is 19.3.